The van der Waals surface area contributed by atoms with Crippen molar-refractivity contribution in [3.05, 3.63) is 83.0 Å². The molecule has 0 fully saturated rings. The molecule has 138 valence electrons. The Balaban J connectivity index is 1.33. The van der Waals surface area contributed by atoms with Gasteiger partial charge < -0.3 is 10.6 Å². The van der Waals surface area contributed by atoms with Gasteiger partial charge in [-0.2, -0.15) is 5.10 Å². The summed E-state index contributed by atoms with van der Waals surface area (Å²) in [5.74, 6) is 0.843. The highest BCUT2D eigenvalue weighted by atomic mass is 32.1. The second-order valence-corrected chi connectivity index (χ2v) is 7.18. The quantitative estimate of drug-likeness (QED) is 0.595. The normalized spacial score (nSPS) is 13.8. The van der Waals surface area contributed by atoms with Crippen LogP contribution in [0, 0.1) is 0 Å². The number of aromatic amines is 1. The van der Waals surface area contributed by atoms with Crippen molar-refractivity contribution >= 4 is 23.1 Å². The second kappa shape index (κ2) is 8.33. The molecule has 0 radical (unpaired) electrons. The summed E-state index contributed by atoms with van der Waals surface area (Å²) < 4.78 is 0. The molecule has 3 N–H and O–H groups in total. The minimum atomic E-state index is 0.597. The van der Waals surface area contributed by atoms with Gasteiger partial charge in [0.05, 0.1) is 5.69 Å². The van der Waals surface area contributed by atoms with E-state index in [1.54, 1.807) is 0 Å². The number of nitrogens with zero attached hydrogens (tertiary/aromatic N) is 2. The molecule has 2 aromatic carbocycles. The van der Waals surface area contributed by atoms with Crippen molar-refractivity contribution in [3.63, 3.8) is 0 Å². The van der Waals surface area contributed by atoms with Crippen molar-refractivity contribution in [1.82, 2.24) is 20.4 Å². The van der Waals surface area contributed by atoms with Crippen molar-refractivity contribution < 1.29 is 0 Å². The Labute approximate surface area is 164 Å². The van der Waals surface area contributed by atoms with E-state index in [1.165, 1.54) is 22.4 Å². The first-order valence-electron chi connectivity index (χ1n) is 9.19. The van der Waals surface area contributed by atoms with Crippen LogP contribution in [-0.2, 0) is 26.1 Å². The molecular weight excluding hydrogens is 354 g/mol. The van der Waals surface area contributed by atoms with Crippen LogP contribution in [0.5, 0.6) is 0 Å². The topological polar surface area (TPSA) is 56.0 Å². The molecular formula is C21H23N5S. The van der Waals surface area contributed by atoms with Crippen molar-refractivity contribution in [2.75, 3.05) is 11.9 Å². The zero-order valence-electron chi connectivity index (χ0n) is 15.1. The lowest BCUT2D eigenvalue weighted by molar-refractivity contribution is 0.242. The van der Waals surface area contributed by atoms with Crippen LogP contribution in [0.25, 0.3) is 0 Å². The first-order valence-corrected chi connectivity index (χ1v) is 9.60. The summed E-state index contributed by atoms with van der Waals surface area (Å²) in [6.45, 7) is 3.55. The molecule has 27 heavy (non-hydrogen) atoms. The van der Waals surface area contributed by atoms with Gasteiger partial charge in [-0.1, -0.05) is 60.7 Å². The molecule has 0 spiro atoms. The third-order valence-corrected chi connectivity index (χ3v) is 5.04. The fourth-order valence-electron chi connectivity index (χ4n) is 3.38. The summed E-state index contributed by atoms with van der Waals surface area (Å²) in [6, 6.07) is 20.8. The van der Waals surface area contributed by atoms with Crippen molar-refractivity contribution in [1.29, 1.82) is 0 Å². The van der Waals surface area contributed by atoms with Gasteiger partial charge in [0.25, 0.3) is 0 Å². The average Bonchev–Trinajstić information content (AvgIpc) is 3.10. The molecule has 0 atom stereocenters. The second-order valence-electron chi connectivity index (χ2n) is 6.77. The smallest absolute Gasteiger partial charge is 0.172 e. The fourth-order valence-corrected chi connectivity index (χ4v) is 3.55. The number of nitrogens with one attached hydrogen (secondary N) is 3. The van der Waals surface area contributed by atoms with Crippen molar-refractivity contribution in [2.45, 2.75) is 26.1 Å². The van der Waals surface area contributed by atoms with Gasteiger partial charge in [0.15, 0.2) is 10.9 Å². The zero-order valence-corrected chi connectivity index (χ0v) is 15.9. The van der Waals surface area contributed by atoms with Crippen LogP contribution in [0.15, 0.2) is 60.7 Å². The lowest BCUT2D eigenvalue weighted by Gasteiger charge is -2.26. The molecule has 0 amide bonds. The Hall–Kier alpha value is -2.70. The van der Waals surface area contributed by atoms with Crippen LogP contribution in [-0.4, -0.2) is 26.8 Å². The fraction of sp³-hybridized carbons (Fsp3) is 0.238. The monoisotopic (exact) mass is 377 g/mol. The van der Waals surface area contributed by atoms with Gasteiger partial charge in [-0.05, 0) is 29.8 Å². The number of hydrogen-bond acceptors (Lipinski definition) is 3. The van der Waals surface area contributed by atoms with E-state index in [-0.39, 0.29) is 0 Å². The summed E-state index contributed by atoms with van der Waals surface area (Å²) >= 11 is 5.43. The molecule has 4 rings (SSSR count). The van der Waals surface area contributed by atoms with E-state index in [9.17, 15) is 0 Å². The van der Waals surface area contributed by atoms with E-state index in [2.05, 4.69) is 68.2 Å². The first kappa shape index (κ1) is 17.7. The maximum absolute atomic E-state index is 5.43. The van der Waals surface area contributed by atoms with Crippen LogP contribution in [0.4, 0.5) is 5.82 Å². The Morgan fingerprint density at radius 3 is 2.48 bits per heavy atom. The van der Waals surface area contributed by atoms with E-state index in [1.807, 2.05) is 18.2 Å². The van der Waals surface area contributed by atoms with Gasteiger partial charge in [-0.15, -0.1) is 0 Å². The van der Waals surface area contributed by atoms with Crippen LogP contribution >= 0.6 is 12.2 Å². The number of H-pyrrole nitrogens is 1. The third-order valence-electron chi connectivity index (χ3n) is 4.79. The van der Waals surface area contributed by atoms with Gasteiger partial charge in [-0.25, -0.2) is 0 Å². The Morgan fingerprint density at radius 2 is 1.74 bits per heavy atom. The highest BCUT2D eigenvalue weighted by molar-refractivity contribution is 7.80. The van der Waals surface area contributed by atoms with Crippen molar-refractivity contribution in [3.8, 4) is 0 Å². The molecule has 1 aliphatic heterocycles. The number of hydrogen-bond donors (Lipinski definition) is 3. The van der Waals surface area contributed by atoms with Crippen LogP contribution < -0.4 is 10.6 Å². The number of thiocarbonyl (C=S) groups is 1. The highest BCUT2D eigenvalue weighted by Gasteiger charge is 2.22. The standard InChI is InChI=1S/C21H23N5S/c27-21(22-13-16-7-3-1-4-8-16)23-20-18-11-12-26(15-19(18)24-25-20)14-17-9-5-2-6-10-17/h1-10H,11-15H2,(H3,22,23,24,25,27). The van der Waals surface area contributed by atoms with Crippen LogP contribution in [0.1, 0.15) is 22.4 Å². The first-order chi connectivity index (χ1) is 13.3. The third kappa shape index (κ3) is 4.53. The van der Waals surface area contributed by atoms with E-state index < -0.39 is 0 Å². The zero-order chi connectivity index (χ0) is 18.5. The molecule has 0 saturated carbocycles. The molecule has 0 aliphatic carbocycles. The minimum Gasteiger partial charge on any atom is -0.358 e. The van der Waals surface area contributed by atoms with Gasteiger partial charge in [0.2, 0.25) is 0 Å². The number of anilines is 1. The molecule has 1 aromatic heterocycles. The molecule has 5 nitrogen and oxygen atoms in total. The largest absolute Gasteiger partial charge is 0.358 e. The van der Waals surface area contributed by atoms with Crippen LogP contribution in [0.2, 0.25) is 0 Å². The summed E-state index contributed by atoms with van der Waals surface area (Å²) in [5.41, 5.74) is 4.95. The lowest BCUT2D eigenvalue weighted by atomic mass is 10.1. The van der Waals surface area contributed by atoms with E-state index in [4.69, 9.17) is 12.2 Å². The molecule has 0 unspecified atom stereocenters. The summed E-state index contributed by atoms with van der Waals surface area (Å²) in [6.07, 6.45) is 0.961. The van der Waals surface area contributed by atoms with Crippen LogP contribution in [0.3, 0.4) is 0 Å². The van der Waals surface area contributed by atoms with E-state index >= 15 is 0 Å². The number of fused-ring (bicyclic) bond motifs is 1. The van der Waals surface area contributed by atoms with Gasteiger partial charge in [-0.3, -0.25) is 10.00 Å². The molecule has 0 bridgehead atoms. The Bertz CT molecular complexity index is 891. The van der Waals surface area contributed by atoms with Gasteiger partial charge in [0.1, 0.15) is 0 Å². The predicted molar refractivity (Wildman–Crippen MR) is 112 cm³/mol. The number of benzene rings is 2. The Morgan fingerprint density at radius 1 is 1.04 bits per heavy atom. The van der Waals surface area contributed by atoms with E-state index in [0.717, 1.165) is 31.9 Å². The molecule has 1 aliphatic rings. The summed E-state index contributed by atoms with van der Waals surface area (Å²) in [7, 11) is 0. The molecule has 3 aromatic rings. The highest BCUT2D eigenvalue weighted by Crippen LogP contribution is 2.24. The number of rotatable bonds is 5. The predicted octanol–water partition coefficient (Wildman–Crippen LogP) is 3.45. The SMILES string of the molecule is S=C(NCc1ccccc1)Nc1n[nH]c2c1CCN(Cc1ccccc1)C2. The maximum atomic E-state index is 5.43. The average molecular weight is 378 g/mol. The lowest BCUT2D eigenvalue weighted by Crippen LogP contribution is -2.31. The Kier molecular flexibility index (Phi) is 5.46. The summed E-state index contributed by atoms with van der Waals surface area (Å²) in [5, 5.41) is 14.7. The summed E-state index contributed by atoms with van der Waals surface area (Å²) in [4.78, 5) is 2.44. The molecule has 2 heterocycles. The van der Waals surface area contributed by atoms with Gasteiger partial charge in [0, 0.05) is 31.7 Å². The molecule has 0 saturated heterocycles. The number of aromatic nitrogens is 2. The molecule has 6 heteroatoms. The maximum Gasteiger partial charge on any atom is 0.172 e. The van der Waals surface area contributed by atoms with Crippen molar-refractivity contribution in [2.24, 2.45) is 0 Å². The van der Waals surface area contributed by atoms with E-state index in [0.29, 0.717) is 11.7 Å². The minimum absolute atomic E-state index is 0.597. The van der Waals surface area contributed by atoms with Gasteiger partial charge >= 0.3 is 0 Å².